The van der Waals surface area contributed by atoms with Crippen LogP contribution in [-0.2, 0) is 19.1 Å². The molecule has 0 bridgehead atoms. The predicted octanol–water partition coefficient (Wildman–Crippen LogP) is 3.47. The number of nitrogens with one attached hydrogen (secondary N) is 1. The van der Waals surface area contributed by atoms with Gasteiger partial charge in [-0.25, -0.2) is 0 Å². The molecule has 28 heavy (non-hydrogen) atoms. The summed E-state index contributed by atoms with van der Waals surface area (Å²) in [7, 11) is 1.33. The summed E-state index contributed by atoms with van der Waals surface area (Å²) in [4.78, 5) is 23.3. The van der Waals surface area contributed by atoms with Crippen molar-refractivity contribution in [3.63, 3.8) is 0 Å². The Morgan fingerprint density at radius 1 is 1.00 bits per heavy atom. The van der Waals surface area contributed by atoms with E-state index in [9.17, 15) is 9.59 Å². The van der Waals surface area contributed by atoms with Gasteiger partial charge >= 0.3 is 11.9 Å². The molecule has 2 aromatic rings. The fourth-order valence-electron chi connectivity index (χ4n) is 2.73. The Bertz CT molecular complexity index is 769. The minimum atomic E-state index is -0.424. The molecular weight excluding hydrogens is 358 g/mol. The summed E-state index contributed by atoms with van der Waals surface area (Å²) in [5.41, 5.74) is 0. The third-order valence-corrected chi connectivity index (χ3v) is 4.22. The van der Waals surface area contributed by atoms with E-state index in [-0.39, 0.29) is 37.4 Å². The van der Waals surface area contributed by atoms with Crippen LogP contribution in [0.4, 0.5) is 0 Å². The van der Waals surface area contributed by atoms with Gasteiger partial charge in [0.2, 0.25) is 0 Å². The number of hydrogen-bond acceptors (Lipinski definition) is 6. The average Bonchev–Trinajstić information content (AvgIpc) is 2.69. The molecule has 0 saturated heterocycles. The summed E-state index contributed by atoms with van der Waals surface area (Å²) < 4.78 is 16.1. The molecule has 0 spiro atoms. The molecule has 6 heteroatoms. The van der Waals surface area contributed by atoms with E-state index in [0.29, 0.717) is 13.0 Å². The topological polar surface area (TPSA) is 73.9 Å². The number of benzene rings is 2. The number of carbonyl (C=O) groups excluding carboxylic acids is 2. The first-order valence-corrected chi connectivity index (χ1v) is 9.60. The first kappa shape index (κ1) is 21.7. The molecule has 1 N–H and O–H groups in total. The zero-order valence-corrected chi connectivity index (χ0v) is 16.8. The van der Waals surface area contributed by atoms with E-state index in [1.807, 2.05) is 56.3 Å². The van der Waals surface area contributed by atoms with Crippen molar-refractivity contribution in [2.24, 2.45) is 0 Å². The SMILES string of the molecule is COC(=O)CCCC(=O)OC(CNC(C)C)COc1cccc2ccccc12. The maximum atomic E-state index is 12.1. The summed E-state index contributed by atoms with van der Waals surface area (Å²) in [5.74, 6) is 0.0838. The number of fused-ring (bicyclic) bond motifs is 1. The molecule has 0 fully saturated rings. The van der Waals surface area contributed by atoms with Crippen molar-refractivity contribution in [1.29, 1.82) is 0 Å². The standard InChI is InChI=1S/C22H29NO5/c1-16(2)23-14-18(28-22(25)13-7-12-21(24)26-3)15-27-20-11-6-9-17-8-4-5-10-19(17)20/h4-6,8-11,16,18,23H,7,12-15H2,1-3H3. The van der Waals surface area contributed by atoms with E-state index in [2.05, 4.69) is 10.1 Å². The van der Waals surface area contributed by atoms with E-state index >= 15 is 0 Å². The monoisotopic (exact) mass is 387 g/mol. The quantitative estimate of drug-likeness (QED) is 0.595. The van der Waals surface area contributed by atoms with Crippen LogP contribution in [0.15, 0.2) is 42.5 Å². The van der Waals surface area contributed by atoms with Crippen LogP contribution in [0.1, 0.15) is 33.1 Å². The molecule has 2 aromatic carbocycles. The number of rotatable bonds is 11. The fraction of sp³-hybridized carbons (Fsp3) is 0.455. The number of carbonyl (C=O) groups is 2. The lowest BCUT2D eigenvalue weighted by Crippen LogP contribution is -2.38. The van der Waals surface area contributed by atoms with Crippen LogP contribution in [0.3, 0.4) is 0 Å². The van der Waals surface area contributed by atoms with Gasteiger partial charge < -0.3 is 19.5 Å². The highest BCUT2D eigenvalue weighted by molar-refractivity contribution is 5.88. The molecule has 0 aliphatic carbocycles. The number of hydrogen-bond donors (Lipinski definition) is 1. The highest BCUT2D eigenvalue weighted by Gasteiger charge is 2.17. The second kappa shape index (κ2) is 11.3. The smallest absolute Gasteiger partial charge is 0.306 e. The Hall–Kier alpha value is -2.60. The van der Waals surface area contributed by atoms with Crippen LogP contribution in [0.25, 0.3) is 10.8 Å². The average molecular weight is 387 g/mol. The van der Waals surface area contributed by atoms with E-state index in [0.717, 1.165) is 16.5 Å². The van der Waals surface area contributed by atoms with Crippen molar-refractivity contribution in [3.05, 3.63) is 42.5 Å². The Morgan fingerprint density at radius 2 is 1.71 bits per heavy atom. The lowest BCUT2D eigenvalue weighted by Gasteiger charge is -2.21. The lowest BCUT2D eigenvalue weighted by atomic mass is 10.1. The minimum absolute atomic E-state index is 0.168. The van der Waals surface area contributed by atoms with E-state index in [1.54, 1.807) is 0 Å². The van der Waals surface area contributed by atoms with Crippen molar-refractivity contribution < 1.29 is 23.8 Å². The molecule has 0 amide bonds. The third-order valence-electron chi connectivity index (χ3n) is 4.22. The Labute approximate surface area is 166 Å². The van der Waals surface area contributed by atoms with Crippen LogP contribution >= 0.6 is 0 Å². The second-order valence-corrected chi connectivity index (χ2v) is 6.89. The highest BCUT2D eigenvalue weighted by Crippen LogP contribution is 2.25. The van der Waals surface area contributed by atoms with Gasteiger partial charge in [0.05, 0.1) is 7.11 Å². The fourth-order valence-corrected chi connectivity index (χ4v) is 2.73. The first-order chi connectivity index (χ1) is 13.5. The Morgan fingerprint density at radius 3 is 2.46 bits per heavy atom. The molecule has 152 valence electrons. The molecule has 0 radical (unpaired) electrons. The Balaban J connectivity index is 1.94. The van der Waals surface area contributed by atoms with Gasteiger partial charge in [0.1, 0.15) is 18.5 Å². The second-order valence-electron chi connectivity index (χ2n) is 6.89. The van der Waals surface area contributed by atoms with Crippen molar-refractivity contribution in [2.45, 2.75) is 45.3 Å². The van der Waals surface area contributed by atoms with Gasteiger partial charge in [0.15, 0.2) is 0 Å². The Kier molecular flexibility index (Phi) is 8.75. The van der Waals surface area contributed by atoms with Crippen LogP contribution in [0.5, 0.6) is 5.75 Å². The molecular formula is C22H29NO5. The molecule has 0 aliphatic heterocycles. The van der Waals surface area contributed by atoms with Crippen LogP contribution < -0.4 is 10.1 Å². The van der Waals surface area contributed by atoms with Gasteiger partial charge in [-0.15, -0.1) is 0 Å². The maximum Gasteiger partial charge on any atom is 0.306 e. The molecule has 1 atom stereocenters. The summed E-state index contributed by atoms with van der Waals surface area (Å²) >= 11 is 0. The summed E-state index contributed by atoms with van der Waals surface area (Å²) in [5, 5.41) is 5.39. The number of esters is 2. The zero-order chi connectivity index (χ0) is 20.4. The van der Waals surface area contributed by atoms with Gasteiger partial charge in [0.25, 0.3) is 0 Å². The van der Waals surface area contributed by atoms with Crippen LogP contribution in [0.2, 0.25) is 0 Å². The van der Waals surface area contributed by atoms with Gasteiger partial charge in [-0.1, -0.05) is 50.2 Å². The molecule has 6 nitrogen and oxygen atoms in total. The third kappa shape index (κ3) is 7.19. The van der Waals surface area contributed by atoms with Crippen molar-refractivity contribution in [3.8, 4) is 5.75 Å². The maximum absolute atomic E-state index is 12.1. The number of methoxy groups -OCH3 is 1. The molecule has 0 aromatic heterocycles. The van der Waals surface area contributed by atoms with Gasteiger partial charge in [-0.3, -0.25) is 9.59 Å². The molecule has 0 saturated carbocycles. The summed E-state index contributed by atoms with van der Waals surface area (Å²) in [6, 6.07) is 14.1. The van der Waals surface area contributed by atoms with Crippen molar-refractivity contribution in [2.75, 3.05) is 20.3 Å². The van der Waals surface area contributed by atoms with Gasteiger partial charge in [-0.2, -0.15) is 0 Å². The molecule has 0 heterocycles. The van der Waals surface area contributed by atoms with E-state index in [1.165, 1.54) is 7.11 Å². The summed E-state index contributed by atoms with van der Waals surface area (Å²) in [6.07, 6.45) is 0.348. The minimum Gasteiger partial charge on any atom is -0.489 e. The number of ether oxygens (including phenoxy) is 3. The van der Waals surface area contributed by atoms with E-state index < -0.39 is 6.10 Å². The lowest BCUT2D eigenvalue weighted by molar-refractivity contribution is -0.150. The van der Waals surface area contributed by atoms with Crippen molar-refractivity contribution >= 4 is 22.7 Å². The predicted molar refractivity (Wildman–Crippen MR) is 108 cm³/mol. The molecule has 0 aliphatic rings. The normalized spacial score (nSPS) is 12.0. The van der Waals surface area contributed by atoms with Crippen molar-refractivity contribution in [1.82, 2.24) is 5.32 Å². The summed E-state index contributed by atoms with van der Waals surface area (Å²) in [6.45, 7) is 4.79. The largest absolute Gasteiger partial charge is 0.489 e. The zero-order valence-electron chi connectivity index (χ0n) is 16.8. The van der Waals surface area contributed by atoms with E-state index in [4.69, 9.17) is 9.47 Å². The highest BCUT2D eigenvalue weighted by atomic mass is 16.6. The molecule has 2 rings (SSSR count). The van der Waals surface area contributed by atoms with Gasteiger partial charge in [-0.05, 0) is 17.9 Å². The first-order valence-electron chi connectivity index (χ1n) is 9.60. The van der Waals surface area contributed by atoms with Gasteiger partial charge in [0, 0.05) is 30.8 Å². The van der Waals surface area contributed by atoms with Crippen LogP contribution in [0, 0.1) is 0 Å². The molecule has 1 unspecified atom stereocenters. The van der Waals surface area contributed by atoms with Crippen LogP contribution in [-0.4, -0.2) is 44.3 Å².